The normalized spacial score (nSPS) is 21.2. The van der Waals surface area contributed by atoms with Crippen molar-refractivity contribution in [2.75, 3.05) is 6.54 Å². The fourth-order valence-corrected chi connectivity index (χ4v) is 3.28. The summed E-state index contributed by atoms with van der Waals surface area (Å²) in [6, 6.07) is 9.97. The first kappa shape index (κ1) is 17.5. The Labute approximate surface area is 138 Å². The van der Waals surface area contributed by atoms with Gasteiger partial charge in [0.05, 0.1) is 5.92 Å². The molecular formula is C19H27NO3. The van der Waals surface area contributed by atoms with Crippen LogP contribution in [-0.2, 0) is 16.1 Å². The Morgan fingerprint density at radius 2 is 1.74 bits per heavy atom. The van der Waals surface area contributed by atoms with E-state index < -0.39 is 5.97 Å². The average molecular weight is 317 g/mol. The van der Waals surface area contributed by atoms with Crippen LogP contribution in [0.1, 0.15) is 45.6 Å². The summed E-state index contributed by atoms with van der Waals surface area (Å²) in [5.74, 6) is -1.18. The topological polar surface area (TPSA) is 57.6 Å². The molecule has 0 aromatic heterocycles. The molecule has 1 aliphatic rings. The number of carbonyl (C=O) groups excluding carboxylic acids is 1. The second kappa shape index (κ2) is 7.16. The number of aliphatic carboxylic acids is 1. The lowest BCUT2D eigenvalue weighted by Crippen LogP contribution is -2.40. The summed E-state index contributed by atoms with van der Waals surface area (Å²) >= 11 is 0. The molecule has 0 aliphatic heterocycles. The van der Waals surface area contributed by atoms with Gasteiger partial charge >= 0.3 is 5.97 Å². The molecule has 1 aromatic rings. The number of carboxylic acids is 1. The Hall–Kier alpha value is -1.84. The number of hydrogen-bond donors (Lipinski definition) is 1. The molecular weight excluding hydrogens is 290 g/mol. The molecule has 1 aliphatic carbocycles. The first-order valence-electron chi connectivity index (χ1n) is 8.32. The van der Waals surface area contributed by atoms with Crippen LogP contribution in [0.25, 0.3) is 0 Å². The number of nitrogens with zero attached hydrogens (tertiary/aromatic N) is 1. The summed E-state index contributed by atoms with van der Waals surface area (Å²) in [4.78, 5) is 26.0. The minimum atomic E-state index is -0.772. The van der Waals surface area contributed by atoms with Crippen LogP contribution in [0, 0.1) is 17.3 Å². The molecule has 1 amide bonds. The Balaban J connectivity index is 2.10. The van der Waals surface area contributed by atoms with Gasteiger partial charge in [-0.05, 0) is 30.2 Å². The number of amides is 1. The predicted octanol–water partition coefficient (Wildman–Crippen LogP) is 3.56. The second-order valence-electron chi connectivity index (χ2n) is 7.79. The van der Waals surface area contributed by atoms with E-state index in [2.05, 4.69) is 20.8 Å². The number of hydrogen-bond acceptors (Lipinski definition) is 2. The van der Waals surface area contributed by atoms with E-state index in [-0.39, 0.29) is 23.2 Å². The molecule has 4 nitrogen and oxygen atoms in total. The summed E-state index contributed by atoms with van der Waals surface area (Å²) in [6.45, 7) is 7.62. The van der Waals surface area contributed by atoms with E-state index in [1.165, 1.54) is 0 Å². The maximum Gasteiger partial charge on any atom is 0.306 e. The number of carboxylic acid groups (broad SMARTS) is 1. The van der Waals surface area contributed by atoms with E-state index in [1.54, 1.807) is 0 Å². The lowest BCUT2D eigenvalue weighted by Gasteiger charge is -2.32. The zero-order chi connectivity index (χ0) is 17.0. The molecule has 0 radical (unpaired) electrons. The van der Waals surface area contributed by atoms with Crippen LogP contribution in [0.3, 0.4) is 0 Å². The van der Waals surface area contributed by atoms with Crippen LogP contribution in [-0.4, -0.2) is 28.4 Å². The molecule has 1 saturated carbocycles. The average Bonchev–Trinajstić information content (AvgIpc) is 2.95. The highest BCUT2D eigenvalue weighted by Gasteiger charge is 2.36. The van der Waals surface area contributed by atoms with Crippen molar-refractivity contribution in [3.05, 3.63) is 35.9 Å². The summed E-state index contributed by atoms with van der Waals surface area (Å²) in [7, 11) is 0. The smallest absolute Gasteiger partial charge is 0.306 e. The van der Waals surface area contributed by atoms with Crippen LogP contribution in [0.4, 0.5) is 0 Å². The summed E-state index contributed by atoms with van der Waals surface area (Å²) in [5, 5.41) is 9.15. The van der Waals surface area contributed by atoms with Gasteiger partial charge in [0.2, 0.25) is 5.91 Å². The summed E-state index contributed by atoms with van der Waals surface area (Å²) < 4.78 is 0. The SMILES string of the molecule is CC(C)(C)CN(Cc1ccccc1)C(=O)[C@@H]1CC[C@H](C(=O)O)C1. The Kier molecular flexibility index (Phi) is 5.45. The highest BCUT2D eigenvalue weighted by Crippen LogP contribution is 2.33. The summed E-state index contributed by atoms with van der Waals surface area (Å²) in [6.07, 6.45) is 1.77. The zero-order valence-electron chi connectivity index (χ0n) is 14.3. The third-order valence-electron chi connectivity index (χ3n) is 4.32. The van der Waals surface area contributed by atoms with Gasteiger partial charge in [0.1, 0.15) is 0 Å². The maximum absolute atomic E-state index is 12.9. The Morgan fingerprint density at radius 3 is 2.26 bits per heavy atom. The number of rotatable bonds is 5. The molecule has 1 N–H and O–H groups in total. The maximum atomic E-state index is 12.9. The molecule has 1 fully saturated rings. The quantitative estimate of drug-likeness (QED) is 0.903. The van der Waals surface area contributed by atoms with Crippen molar-refractivity contribution in [2.45, 2.75) is 46.6 Å². The van der Waals surface area contributed by atoms with E-state index in [9.17, 15) is 9.59 Å². The molecule has 0 bridgehead atoms. The van der Waals surface area contributed by atoms with Crippen molar-refractivity contribution in [2.24, 2.45) is 17.3 Å². The highest BCUT2D eigenvalue weighted by molar-refractivity contribution is 5.81. The van der Waals surface area contributed by atoms with Crippen molar-refractivity contribution >= 4 is 11.9 Å². The molecule has 2 rings (SSSR count). The molecule has 4 heteroatoms. The first-order chi connectivity index (χ1) is 10.8. The van der Waals surface area contributed by atoms with Gasteiger partial charge in [0.25, 0.3) is 0 Å². The van der Waals surface area contributed by atoms with E-state index >= 15 is 0 Å². The first-order valence-corrected chi connectivity index (χ1v) is 8.32. The Bertz CT molecular complexity index is 547. The van der Waals surface area contributed by atoms with Gasteiger partial charge in [-0.1, -0.05) is 51.1 Å². The molecule has 0 spiro atoms. The zero-order valence-corrected chi connectivity index (χ0v) is 14.3. The minimum Gasteiger partial charge on any atom is -0.481 e. The van der Waals surface area contributed by atoms with Gasteiger partial charge in [0.15, 0.2) is 0 Å². The Morgan fingerprint density at radius 1 is 1.13 bits per heavy atom. The number of benzene rings is 1. The molecule has 1 aromatic carbocycles. The van der Waals surface area contributed by atoms with Gasteiger partial charge in [-0.25, -0.2) is 0 Å². The van der Waals surface area contributed by atoms with Crippen molar-refractivity contribution < 1.29 is 14.7 Å². The van der Waals surface area contributed by atoms with Crippen LogP contribution >= 0.6 is 0 Å². The number of carbonyl (C=O) groups is 2. The largest absolute Gasteiger partial charge is 0.481 e. The standard InChI is InChI=1S/C19H27NO3/c1-19(2,3)13-20(12-14-7-5-4-6-8-14)17(21)15-9-10-16(11-15)18(22)23/h4-8,15-16H,9-13H2,1-3H3,(H,22,23)/t15-,16+/m1/s1. The van der Waals surface area contributed by atoms with Gasteiger partial charge in [-0.2, -0.15) is 0 Å². The molecule has 0 saturated heterocycles. The molecule has 126 valence electrons. The molecule has 23 heavy (non-hydrogen) atoms. The second-order valence-corrected chi connectivity index (χ2v) is 7.79. The third kappa shape index (κ3) is 5.08. The van der Waals surface area contributed by atoms with Crippen LogP contribution in [0.5, 0.6) is 0 Å². The van der Waals surface area contributed by atoms with Crippen molar-refractivity contribution in [1.29, 1.82) is 0 Å². The third-order valence-corrected chi connectivity index (χ3v) is 4.32. The van der Waals surface area contributed by atoms with E-state index in [0.29, 0.717) is 32.4 Å². The van der Waals surface area contributed by atoms with Crippen molar-refractivity contribution in [3.63, 3.8) is 0 Å². The molecule has 0 unspecified atom stereocenters. The van der Waals surface area contributed by atoms with Gasteiger partial charge in [-0.3, -0.25) is 9.59 Å². The fraction of sp³-hybridized carbons (Fsp3) is 0.579. The van der Waals surface area contributed by atoms with Crippen molar-refractivity contribution in [1.82, 2.24) is 4.90 Å². The minimum absolute atomic E-state index is 0.00917. The lowest BCUT2D eigenvalue weighted by molar-refractivity contribution is -0.142. The molecule has 2 atom stereocenters. The predicted molar refractivity (Wildman–Crippen MR) is 89.8 cm³/mol. The lowest BCUT2D eigenvalue weighted by atomic mass is 9.94. The van der Waals surface area contributed by atoms with E-state index in [4.69, 9.17) is 5.11 Å². The van der Waals surface area contributed by atoms with Gasteiger partial charge < -0.3 is 10.0 Å². The van der Waals surface area contributed by atoms with Gasteiger partial charge in [-0.15, -0.1) is 0 Å². The van der Waals surface area contributed by atoms with Crippen LogP contribution in [0.2, 0.25) is 0 Å². The van der Waals surface area contributed by atoms with E-state index in [1.807, 2.05) is 35.2 Å². The monoisotopic (exact) mass is 317 g/mol. The van der Waals surface area contributed by atoms with Crippen LogP contribution < -0.4 is 0 Å². The van der Waals surface area contributed by atoms with E-state index in [0.717, 1.165) is 5.56 Å². The molecule has 0 heterocycles. The van der Waals surface area contributed by atoms with Crippen LogP contribution in [0.15, 0.2) is 30.3 Å². The fourth-order valence-electron chi connectivity index (χ4n) is 3.28. The van der Waals surface area contributed by atoms with Gasteiger partial charge in [0, 0.05) is 19.0 Å². The van der Waals surface area contributed by atoms with Crippen molar-refractivity contribution in [3.8, 4) is 0 Å². The summed E-state index contributed by atoms with van der Waals surface area (Å²) in [5.41, 5.74) is 1.12. The highest BCUT2D eigenvalue weighted by atomic mass is 16.4.